The van der Waals surface area contributed by atoms with Gasteiger partial charge >= 0.3 is 7.12 Å². The van der Waals surface area contributed by atoms with Gasteiger partial charge in [-0.1, -0.05) is 6.07 Å². The fourth-order valence-corrected chi connectivity index (χ4v) is 2.85. The maximum atomic E-state index is 14.6. The molecule has 2 fully saturated rings. The van der Waals surface area contributed by atoms with Crippen molar-refractivity contribution in [2.45, 2.75) is 57.7 Å². The van der Waals surface area contributed by atoms with Gasteiger partial charge < -0.3 is 9.31 Å². The van der Waals surface area contributed by atoms with Gasteiger partial charge in [-0.05, 0) is 69.7 Å². The van der Waals surface area contributed by atoms with Gasteiger partial charge in [-0.3, -0.25) is 0 Å². The fraction of sp³-hybridized carbons (Fsp3) is 0.529. The van der Waals surface area contributed by atoms with Crippen LogP contribution in [0.15, 0.2) is 29.5 Å². The van der Waals surface area contributed by atoms with Crippen LogP contribution in [-0.4, -0.2) is 18.3 Å². The van der Waals surface area contributed by atoms with Crippen molar-refractivity contribution in [2.24, 2.45) is 0 Å². The van der Waals surface area contributed by atoms with Crippen LogP contribution < -0.4 is 0 Å². The summed E-state index contributed by atoms with van der Waals surface area (Å²) in [6.45, 7) is 7.48. The molecule has 1 saturated heterocycles. The molecule has 6 heteroatoms. The van der Waals surface area contributed by atoms with E-state index >= 15 is 0 Å². The molecule has 1 saturated carbocycles. The summed E-state index contributed by atoms with van der Waals surface area (Å²) < 4.78 is 52.2. The Morgan fingerprint density at radius 2 is 1.61 bits per heavy atom. The molecule has 0 amide bonds. The molecule has 0 atom stereocenters. The molecule has 2 aliphatic rings. The molecule has 1 aromatic rings. The normalized spacial score (nSPS) is 25.4. The Morgan fingerprint density at radius 1 is 1.04 bits per heavy atom. The van der Waals surface area contributed by atoms with E-state index < -0.39 is 30.0 Å². The van der Waals surface area contributed by atoms with Crippen LogP contribution in [0.1, 0.15) is 52.0 Å². The summed E-state index contributed by atoms with van der Waals surface area (Å²) in [4.78, 5) is 0. The van der Waals surface area contributed by atoms with E-state index in [0.29, 0.717) is 24.0 Å². The van der Waals surface area contributed by atoms with Crippen LogP contribution in [0.25, 0.3) is 0 Å². The Morgan fingerprint density at radius 3 is 2.13 bits per heavy atom. The number of rotatable bonds is 2. The van der Waals surface area contributed by atoms with Crippen LogP contribution in [0.4, 0.5) is 13.2 Å². The maximum Gasteiger partial charge on any atom is 0.525 e. The summed E-state index contributed by atoms with van der Waals surface area (Å²) in [6, 6.07) is 3.84. The number of hydrogen-bond donors (Lipinski definition) is 0. The molecule has 0 aromatic heterocycles. The van der Waals surface area contributed by atoms with Crippen LogP contribution in [-0.2, 0) is 9.31 Å². The minimum absolute atomic E-state index is 0.00766. The van der Waals surface area contributed by atoms with Crippen LogP contribution in [0.5, 0.6) is 0 Å². The molecule has 1 aromatic carbocycles. The minimum Gasteiger partial charge on any atom is -0.398 e. The molecule has 0 unspecified atom stereocenters. The Hall–Kier alpha value is -1.27. The second kappa shape index (κ2) is 5.38. The molecular weight excluding hydrogens is 304 g/mol. The number of allylic oxidation sites excluding steroid dienone is 1. The van der Waals surface area contributed by atoms with Crippen molar-refractivity contribution >= 4 is 7.12 Å². The van der Waals surface area contributed by atoms with E-state index in [1.54, 1.807) is 6.07 Å². The van der Waals surface area contributed by atoms with Gasteiger partial charge in [0.15, 0.2) is 11.6 Å². The van der Waals surface area contributed by atoms with Gasteiger partial charge in [-0.25, -0.2) is 13.2 Å². The standard InChI is InChI=1S/C17H20BF3O2/c1-16(2)17(3,4)23-18(22-16)15(21)12-7-11(8-12)10-5-6-13(19)14(20)9-10/h5-6,9,11H,7-8H2,1-4H3. The molecule has 1 heterocycles. The highest BCUT2D eigenvalue weighted by Gasteiger charge is 2.54. The van der Waals surface area contributed by atoms with E-state index in [1.165, 1.54) is 6.07 Å². The van der Waals surface area contributed by atoms with Gasteiger partial charge in [0.2, 0.25) is 0 Å². The lowest BCUT2D eigenvalue weighted by molar-refractivity contribution is 0.00578. The summed E-state index contributed by atoms with van der Waals surface area (Å²) in [7, 11) is -0.985. The largest absolute Gasteiger partial charge is 0.525 e. The number of hydrogen-bond acceptors (Lipinski definition) is 2. The lowest BCUT2D eigenvalue weighted by Gasteiger charge is -2.32. The van der Waals surface area contributed by atoms with Crippen LogP contribution in [0.3, 0.4) is 0 Å². The minimum atomic E-state index is -0.985. The van der Waals surface area contributed by atoms with Gasteiger partial charge in [-0.2, -0.15) is 0 Å². The van der Waals surface area contributed by atoms with E-state index in [-0.39, 0.29) is 11.6 Å². The molecule has 0 N–H and O–H groups in total. The first kappa shape index (κ1) is 16.6. The first-order valence-electron chi connectivity index (χ1n) is 7.79. The zero-order valence-electron chi connectivity index (χ0n) is 13.8. The van der Waals surface area contributed by atoms with Crippen molar-refractivity contribution in [1.29, 1.82) is 0 Å². The average molecular weight is 324 g/mol. The highest BCUT2D eigenvalue weighted by Crippen LogP contribution is 2.46. The molecule has 0 bridgehead atoms. The molecule has 3 rings (SSSR count). The van der Waals surface area contributed by atoms with Crippen molar-refractivity contribution < 1.29 is 22.5 Å². The fourth-order valence-electron chi connectivity index (χ4n) is 2.85. The van der Waals surface area contributed by atoms with E-state index in [1.807, 2.05) is 27.7 Å². The Balaban J connectivity index is 1.70. The molecule has 124 valence electrons. The predicted molar refractivity (Wildman–Crippen MR) is 82.5 cm³/mol. The van der Waals surface area contributed by atoms with Crippen molar-refractivity contribution in [3.63, 3.8) is 0 Å². The van der Waals surface area contributed by atoms with Crippen molar-refractivity contribution in [3.05, 3.63) is 46.7 Å². The molecular formula is C17H20BF3O2. The van der Waals surface area contributed by atoms with Crippen LogP contribution in [0, 0.1) is 11.6 Å². The van der Waals surface area contributed by atoms with E-state index in [9.17, 15) is 13.2 Å². The number of benzene rings is 1. The topological polar surface area (TPSA) is 18.5 Å². The third-order valence-electron chi connectivity index (χ3n) is 5.20. The van der Waals surface area contributed by atoms with Gasteiger partial charge in [0, 0.05) is 0 Å². The van der Waals surface area contributed by atoms with Crippen LogP contribution in [0.2, 0.25) is 0 Å². The lowest BCUT2D eigenvalue weighted by Crippen LogP contribution is -2.41. The first-order valence-corrected chi connectivity index (χ1v) is 7.79. The average Bonchev–Trinajstić information content (AvgIpc) is 2.61. The second-order valence-corrected chi connectivity index (χ2v) is 7.32. The maximum absolute atomic E-state index is 14.6. The highest BCUT2D eigenvalue weighted by atomic mass is 19.2. The predicted octanol–water partition coefficient (Wildman–Crippen LogP) is 4.70. The third-order valence-corrected chi connectivity index (χ3v) is 5.20. The van der Waals surface area contributed by atoms with E-state index in [2.05, 4.69) is 0 Å². The summed E-state index contributed by atoms with van der Waals surface area (Å²) in [6.07, 6.45) is 0.946. The van der Waals surface area contributed by atoms with Gasteiger partial charge in [-0.15, -0.1) is 0 Å². The highest BCUT2D eigenvalue weighted by molar-refractivity contribution is 6.53. The monoisotopic (exact) mass is 324 g/mol. The smallest absolute Gasteiger partial charge is 0.398 e. The summed E-state index contributed by atoms with van der Waals surface area (Å²) in [5, 5.41) is 0. The summed E-state index contributed by atoms with van der Waals surface area (Å²) in [5.74, 6) is -1.73. The SMILES string of the molecule is CC1(C)OB(C(F)=C2CC(c3ccc(F)c(F)c3)C2)OC1(C)C. The molecule has 1 aliphatic carbocycles. The van der Waals surface area contributed by atoms with Gasteiger partial charge in [0.25, 0.3) is 0 Å². The zero-order valence-corrected chi connectivity index (χ0v) is 13.8. The number of halogens is 3. The molecule has 1 aliphatic heterocycles. The molecule has 23 heavy (non-hydrogen) atoms. The van der Waals surface area contributed by atoms with Crippen LogP contribution >= 0.6 is 0 Å². The summed E-state index contributed by atoms with van der Waals surface area (Å²) >= 11 is 0. The van der Waals surface area contributed by atoms with Crippen molar-refractivity contribution in [2.75, 3.05) is 0 Å². The Kier molecular flexibility index (Phi) is 3.88. The van der Waals surface area contributed by atoms with Crippen molar-refractivity contribution in [1.82, 2.24) is 0 Å². The molecule has 2 nitrogen and oxygen atoms in total. The molecule has 0 radical (unpaired) electrons. The second-order valence-electron chi connectivity index (χ2n) is 7.32. The first-order chi connectivity index (χ1) is 10.6. The third kappa shape index (κ3) is 2.83. The quantitative estimate of drug-likeness (QED) is 0.734. The molecule has 0 spiro atoms. The van der Waals surface area contributed by atoms with Gasteiger partial charge in [0.1, 0.15) is 5.73 Å². The lowest BCUT2D eigenvalue weighted by atomic mass is 9.70. The summed E-state index contributed by atoms with van der Waals surface area (Å²) in [5.41, 5.74) is -0.243. The van der Waals surface area contributed by atoms with Crippen molar-refractivity contribution in [3.8, 4) is 0 Å². The van der Waals surface area contributed by atoms with Gasteiger partial charge in [0.05, 0.1) is 11.2 Å². The Labute approximate surface area is 134 Å². The van der Waals surface area contributed by atoms with E-state index in [0.717, 1.165) is 6.07 Å². The van der Waals surface area contributed by atoms with E-state index in [4.69, 9.17) is 9.31 Å². The zero-order chi connectivity index (χ0) is 17.0. The Bertz CT molecular complexity index is 646.